The van der Waals surface area contributed by atoms with E-state index in [4.69, 9.17) is 9.72 Å². The van der Waals surface area contributed by atoms with Gasteiger partial charge < -0.3 is 9.84 Å². The molecule has 1 N–H and O–H groups in total. The Balaban J connectivity index is 1.76. The van der Waals surface area contributed by atoms with E-state index in [1.807, 2.05) is 24.3 Å². The molecule has 1 atom stereocenters. The van der Waals surface area contributed by atoms with Crippen molar-refractivity contribution in [3.05, 3.63) is 35.3 Å². The Labute approximate surface area is 135 Å². The van der Waals surface area contributed by atoms with Crippen LogP contribution in [-0.2, 0) is 6.54 Å². The predicted molar refractivity (Wildman–Crippen MR) is 89.2 cm³/mol. The third-order valence-corrected chi connectivity index (χ3v) is 5.14. The summed E-state index contributed by atoms with van der Waals surface area (Å²) < 4.78 is 5.42. The number of aliphatic hydroxyl groups excluding tert-OH is 1. The third kappa shape index (κ3) is 3.32. The van der Waals surface area contributed by atoms with Crippen LogP contribution in [0.2, 0.25) is 0 Å². The average molecular weight is 318 g/mol. The maximum absolute atomic E-state index is 9.51. The van der Waals surface area contributed by atoms with Crippen LogP contribution in [0.5, 0.6) is 5.75 Å². The fraction of sp³-hybridized carbons (Fsp3) is 0.471. The highest BCUT2D eigenvalue weighted by Gasteiger charge is 2.22. The highest BCUT2D eigenvalue weighted by atomic mass is 32.1. The fourth-order valence-corrected chi connectivity index (χ4v) is 3.85. The lowest BCUT2D eigenvalue weighted by Crippen LogP contribution is -2.41. The van der Waals surface area contributed by atoms with Gasteiger partial charge in [-0.25, -0.2) is 4.98 Å². The number of likely N-dealkylation sites (tertiary alicyclic amines) is 1. The lowest BCUT2D eigenvalue weighted by molar-refractivity contribution is 0.0832. The third-order valence-electron chi connectivity index (χ3n) is 4.21. The molecule has 0 spiro atoms. The summed E-state index contributed by atoms with van der Waals surface area (Å²) in [6.07, 6.45) is 3.51. The van der Waals surface area contributed by atoms with Crippen molar-refractivity contribution >= 4 is 11.3 Å². The molecule has 1 aliphatic rings. The topological polar surface area (TPSA) is 45.6 Å². The molecule has 1 fully saturated rings. The SMILES string of the molecule is COc1ccccc1-c1nc(CN2CCCCC2CO)cs1. The highest BCUT2D eigenvalue weighted by Crippen LogP contribution is 2.32. The van der Waals surface area contributed by atoms with E-state index in [-0.39, 0.29) is 12.6 Å². The number of hydrogen-bond acceptors (Lipinski definition) is 5. The van der Waals surface area contributed by atoms with Gasteiger partial charge in [0.1, 0.15) is 10.8 Å². The van der Waals surface area contributed by atoms with Gasteiger partial charge in [-0.05, 0) is 31.5 Å². The van der Waals surface area contributed by atoms with Gasteiger partial charge in [0.2, 0.25) is 0 Å². The molecule has 0 bridgehead atoms. The first kappa shape index (κ1) is 15.5. The summed E-state index contributed by atoms with van der Waals surface area (Å²) in [5, 5.41) is 12.6. The minimum atomic E-state index is 0.240. The minimum absolute atomic E-state index is 0.240. The molecular formula is C17H22N2O2S. The first-order chi connectivity index (χ1) is 10.8. The zero-order chi connectivity index (χ0) is 15.4. The van der Waals surface area contributed by atoms with E-state index in [9.17, 15) is 5.11 Å². The summed E-state index contributed by atoms with van der Waals surface area (Å²) in [6, 6.07) is 8.26. The molecule has 5 heteroatoms. The Bertz CT molecular complexity index is 614. The number of hydrogen-bond donors (Lipinski definition) is 1. The molecule has 1 saturated heterocycles. The zero-order valence-corrected chi connectivity index (χ0v) is 13.7. The Kier molecular flexibility index (Phi) is 5.08. The monoisotopic (exact) mass is 318 g/mol. The molecule has 1 aromatic heterocycles. The van der Waals surface area contributed by atoms with Gasteiger partial charge in [-0.2, -0.15) is 0 Å². The van der Waals surface area contributed by atoms with E-state index in [0.717, 1.165) is 41.5 Å². The van der Waals surface area contributed by atoms with Crippen LogP contribution in [-0.4, -0.2) is 41.3 Å². The Morgan fingerprint density at radius 2 is 2.23 bits per heavy atom. The van der Waals surface area contributed by atoms with Gasteiger partial charge in [-0.3, -0.25) is 4.90 Å². The number of benzene rings is 1. The standard InChI is InChI=1S/C17H22N2O2S/c1-21-16-8-3-2-7-15(16)17-18-13(12-22-17)10-19-9-5-4-6-14(19)11-20/h2-3,7-8,12,14,20H,4-6,9-11H2,1H3. The van der Waals surface area contributed by atoms with Gasteiger partial charge in [0, 0.05) is 18.0 Å². The number of rotatable bonds is 5. The summed E-state index contributed by atoms with van der Waals surface area (Å²) in [6.45, 7) is 2.10. The molecule has 118 valence electrons. The number of aliphatic hydroxyl groups is 1. The van der Waals surface area contributed by atoms with E-state index in [1.165, 1.54) is 12.8 Å². The van der Waals surface area contributed by atoms with Crippen molar-refractivity contribution < 1.29 is 9.84 Å². The quantitative estimate of drug-likeness (QED) is 0.920. The van der Waals surface area contributed by atoms with Crippen molar-refractivity contribution in [1.29, 1.82) is 0 Å². The second kappa shape index (κ2) is 7.22. The first-order valence-electron chi connectivity index (χ1n) is 7.74. The van der Waals surface area contributed by atoms with E-state index in [0.29, 0.717) is 0 Å². The fourth-order valence-electron chi connectivity index (χ4n) is 3.01. The van der Waals surface area contributed by atoms with E-state index >= 15 is 0 Å². The molecule has 2 heterocycles. The summed E-state index contributed by atoms with van der Waals surface area (Å²) in [7, 11) is 1.69. The van der Waals surface area contributed by atoms with Crippen molar-refractivity contribution in [3.63, 3.8) is 0 Å². The molecule has 0 saturated carbocycles. The van der Waals surface area contributed by atoms with Crippen LogP contribution in [0.25, 0.3) is 10.6 Å². The second-order valence-corrected chi connectivity index (χ2v) is 6.51. The van der Waals surface area contributed by atoms with Crippen molar-refractivity contribution in [2.24, 2.45) is 0 Å². The number of piperidine rings is 1. The lowest BCUT2D eigenvalue weighted by atomic mass is 10.0. The molecule has 1 aliphatic heterocycles. The summed E-state index contributed by atoms with van der Waals surface area (Å²) >= 11 is 1.65. The van der Waals surface area contributed by atoms with Gasteiger partial charge in [0.15, 0.2) is 0 Å². The van der Waals surface area contributed by atoms with Crippen molar-refractivity contribution in [2.75, 3.05) is 20.3 Å². The average Bonchev–Trinajstić information content (AvgIpc) is 3.03. The number of ether oxygens (including phenoxy) is 1. The molecule has 2 aromatic rings. The summed E-state index contributed by atoms with van der Waals surface area (Å²) in [4.78, 5) is 7.12. The molecule has 4 nitrogen and oxygen atoms in total. The van der Waals surface area contributed by atoms with Crippen LogP contribution >= 0.6 is 11.3 Å². The molecule has 0 radical (unpaired) electrons. The molecule has 1 unspecified atom stereocenters. The largest absolute Gasteiger partial charge is 0.496 e. The molecule has 3 rings (SSSR count). The Morgan fingerprint density at radius 1 is 1.36 bits per heavy atom. The lowest BCUT2D eigenvalue weighted by Gasteiger charge is -2.33. The van der Waals surface area contributed by atoms with Crippen LogP contribution in [0.4, 0.5) is 0 Å². The number of aromatic nitrogens is 1. The van der Waals surface area contributed by atoms with Crippen LogP contribution in [0.1, 0.15) is 25.0 Å². The van der Waals surface area contributed by atoms with E-state index in [1.54, 1.807) is 18.4 Å². The number of thiazole rings is 1. The van der Waals surface area contributed by atoms with Gasteiger partial charge >= 0.3 is 0 Å². The zero-order valence-electron chi connectivity index (χ0n) is 12.9. The highest BCUT2D eigenvalue weighted by molar-refractivity contribution is 7.13. The van der Waals surface area contributed by atoms with Gasteiger partial charge in [-0.15, -0.1) is 11.3 Å². The van der Waals surface area contributed by atoms with Gasteiger partial charge in [0.05, 0.1) is 25.0 Å². The van der Waals surface area contributed by atoms with Crippen LogP contribution in [0.3, 0.4) is 0 Å². The summed E-state index contributed by atoms with van der Waals surface area (Å²) in [5.74, 6) is 0.856. The normalized spacial score (nSPS) is 19.3. The van der Waals surface area contributed by atoms with Crippen LogP contribution in [0.15, 0.2) is 29.6 Å². The Morgan fingerprint density at radius 3 is 3.05 bits per heavy atom. The smallest absolute Gasteiger partial charge is 0.129 e. The number of para-hydroxylation sites is 1. The predicted octanol–water partition coefficient (Wildman–Crippen LogP) is 3.17. The molecule has 0 aliphatic carbocycles. The molecule has 0 amide bonds. The van der Waals surface area contributed by atoms with E-state index < -0.39 is 0 Å². The van der Waals surface area contributed by atoms with E-state index in [2.05, 4.69) is 10.3 Å². The summed E-state index contributed by atoms with van der Waals surface area (Å²) in [5.41, 5.74) is 2.12. The van der Waals surface area contributed by atoms with Crippen molar-refractivity contribution in [3.8, 4) is 16.3 Å². The van der Waals surface area contributed by atoms with Crippen molar-refractivity contribution in [1.82, 2.24) is 9.88 Å². The molecular weight excluding hydrogens is 296 g/mol. The maximum atomic E-state index is 9.51. The molecule has 1 aromatic carbocycles. The van der Waals surface area contributed by atoms with Crippen molar-refractivity contribution in [2.45, 2.75) is 31.8 Å². The first-order valence-corrected chi connectivity index (χ1v) is 8.62. The number of methoxy groups -OCH3 is 1. The molecule has 22 heavy (non-hydrogen) atoms. The Hall–Kier alpha value is -1.43. The van der Waals surface area contributed by atoms with Gasteiger partial charge in [0.25, 0.3) is 0 Å². The maximum Gasteiger partial charge on any atom is 0.129 e. The van der Waals surface area contributed by atoms with Gasteiger partial charge in [-0.1, -0.05) is 18.6 Å². The van der Waals surface area contributed by atoms with Crippen LogP contribution < -0.4 is 4.74 Å². The number of nitrogens with zero attached hydrogens (tertiary/aromatic N) is 2. The van der Waals surface area contributed by atoms with Crippen LogP contribution in [0, 0.1) is 0 Å². The second-order valence-electron chi connectivity index (χ2n) is 5.65. The minimum Gasteiger partial charge on any atom is -0.496 e.